The van der Waals surface area contributed by atoms with Gasteiger partial charge < -0.3 is 33.5 Å². The lowest BCUT2D eigenvalue weighted by atomic mass is 9.75. The molecule has 8 heteroatoms. The number of phenolic OH excluding ortho intramolecular Hbond substituents is 1. The van der Waals surface area contributed by atoms with Crippen LogP contribution >= 0.6 is 0 Å². The molecule has 0 bridgehead atoms. The molecular formula is C30H34O8. The summed E-state index contributed by atoms with van der Waals surface area (Å²) in [5.41, 5.74) is 3.22. The van der Waals surface area contributed by atoms with Crippen molar-refractivity contribution in [1.29, 1.82) is 0 Å². The molecule has 0 amide bonds. The van der Waals surface area contributed by atoms with Crippen molar-refractivity contribution in [3.63, 3.8) is 0 Å². The Labute approximate surface area is 223 Å². The van der Waals surface area contributed by atoms with Crippen molar-refractivity contribution in [1.82, 2.24) is 0 Å². The molecule has 1 aliphatic rings. The molecule has 0 saturated heterocycles. The van der Waals surface area contributed by atoms with Gasteiger partial charge in [-0.3, -0.25) is 0 Å². The molecule has 3 aromatic rings. The first-order chi connectivity index (χ1) is 18.3. The standard InChI is InChI=1S/C30H34O8/c1-16-13-19-14-21(31)26(34-4)28(36-6)23(19)24-20(15-22(33-3)27(35-5)29(24)37-7)25(17(16)2)38-30(32)18-11-9-8-10-12-18/h8-12,14-17,25,31H,13H2,1-7H3/t16-,17-,25+/m0/s1. The molecule has 0 unspecified atom stereocenters. The third-order valence-electron chi connectivity index (χ3n) is 7.28. The molecule has 0 fully saturated rings. The van der Waals surface area contributed by atoms with Gasteiger partial charge in [0, 0.05) is 22.6 Å². The van der Waals surface area contributed by atoms with Crippen LogP contribution in [-0.4, -0.2) is 46.6 Å². The fraction of sp³-hybridized carbons (Fsp3) is 0.367. The number of phenols is 1. The largest absolute Gasteiger partial charge is 0.504 e. The highest BCUT2D eigenvalue weighted by molar-refractivity contribution is 5.91. The summed E-state index contributed by atoms with van der Waals surface area (Å²) in [6.07, 6.45) is -0.0974. The van der Waals surface area contributed by atoms with Crippen LogP contribution in [0, 0.1) is 11.8 Å². The smallest absolute Gasteiger partial charge is 0.338 e. The number of hydrogen-bond donors (Lipinski definition) is 1. The highest BCUT2D eigenvalue weighted by Crippen LogP contribution is 2.57. The summed E-state index contributed by atoms with van der Waals surface area (Å²) in [5, 5.41) is 10.8. The average Bonchev–Trinajstić information content (AvgIpc) is 2.93. The maximum Gasteiger partial charge on any atom is 0.338 e. The summed E-state index contributed by atoms with van der Waals surface area (Å²) in [7, 11) is 7.59. The number of carbonyl (C=O) groups is 1. The Hall–Kier alpha value is -4.07. The number of methoxy groups -OCH3 is 5. The first-order valence-electron chi connectivity index (χ1n) is 12.4. The topological polar surface area (TPSA) is 92.7 Å². The molecule has 3 aromatic carbocycles. The van der Waals surface area contributed by atoms with Crippen LogP contribution in [0.4, 0.5) is 0 Å². The first-order valence-corrected chi connectivity index (χ1v) is 12.4. The average molecular weight is 523 g/mol. The zero-order valence-corrected chi connectivity index (χ0v) is 22.8. The van der Waals surface area contributed by atoms with E-state index >= 15 is 0 Å². The van der Waals surface area contributed by atoms with E-state index in [0.29, 0.717) is 51.7 Å². The Morgan fingerprint density at radius 3 is 1.97 bits per heavy atom. The Morgan fingerprint density at radius 1 is 0.789 bits per heavy atom. The second-order valence-corrected chi connectivity index (χ2v) is 9.34. The van der Waals surface area contributed by atoms with Crippen LogP contribution in [0.1, 0.15) is 41.4 Å². The highest BCUT2D eigenvalue weighted by atomic mass is 16.5. The van der Waals surface area contributed by atoms with Gasteiger partial charge in [-0.1, -0.05) is 32.0 Å². The zero-order chi connectivity index (χ0) is 27.6. The highest BCUT2D eigenvalue weighted by Gasteiger charge is 2.39. The van der Waals surface area contributed by atoms with Crippen molar-refractivity contribution in [2.24, 2.45) is 11.8 Å². The van der Waals surface area contributed by atoms with Crippen molar-refractivity contribution in [3.8, 4) is 45.6 Å². The molecule has 0 aromatic heterocycles. The van der Waals surface area contributed by atoms with Gasteiger partial charge in [-0.15, -0.1) is 0 Å². The number of esters is 1. The fourth-order valence-corrected chi connectivity index (χ4v) is 5.21. The summed E-state index contributed by atoms with van der Waals surface area (Å²) in [6.45, 7) is 4.14. The predicted octanol–water partition coefficient (Wildman–Crippen LogP) is 5.83. The van der Waals surface area contributed by atoms with Gasteiger partial charge >= 0.3 is 5.97 Å². The number of rotatable bonds is 7. The minimum absolute atomic E-state index is 0.0309. The van der Waals surface area contributed by atoms with Gasteiger partial charge in [-0.25, -0.2) is 4.79 Å². The van der Waals surface area contributed by atoms with E-state index in [0.717, 1.165) is 5.56 Å². The molecule has 0 heterocycles. The van der Waals surface area contributed by atoms with Crippen LogP contribution in [0.5, 0.6) is 34.5 Å². The number of carbonyl (C=O) groups excluding carboxylic acids is 1. The summed E-state index contributed by atoms with van der Waals surface area (Å²) >= 11 is 0. The molecule has 0 aliphatic heterocycles. The van der Waals surface area contributed by atoms with E-state index in [-0.39, 0.29) is 23.3 Å². The van der Waals surface area contributed by atoms with Crippen molar-refractivity contribution >= 4 is 5.97 Å². The lowest BCUT2D eigenvalue weighted by Crippen LogP contribution is -2.27. The van der Waals surface area contributed by atoms with Gasteiger partial charge in [0.1, 0.15) is 6.10 Å². The monoisotopic (exact) mass is 522 g/mol. The Balaban J connectivity index is 2.10. The van der Waals surface area contributed by atoms with E-state index in [9.17, 15) is 9.90 Å². The van der Waals surface area contributed by atoms with Gasteiger partial charge in [0.25, 0.3) is 0 Å². The maximum atomic E-state index is 13.3. The molecular weight excluding hydrogens is 488 g/mol. The van der Waals surface area contributed by atoms with Crippen molar-refractivity contribution < 1.29 is 38.3 Å². The van der Waals surface area contributed by atoms with Crippen LogP contribution in [-0.2, 0) is 11.2 Å². The molecule has 4 rings (SSSR count). The third kappa shape index (κ3) is 4.55. The van der Waals surface area contributed by atoms with Crippen LogP contribution in [0.2, 0.25) is 0 Å². The van der Waals surface area contributed by atoms with Gasteiger partial charge in [0.15, 0.2) is 23.0 Å². The van der Waals surface area contributed by atoms with Gasteiger partial charge in [-0.05, 0) is 42.2 Å². The van der Waals surface area contributed by atoms with E-state index in [1.807, 2.05) is 19.1 Å². The third-order valence-corrected chi connectivity index (χ3v) is 7.28. The molecule has 8 nitrogen and oxygen atoms in total. The summed E-state index contributed by atoms with van der Waals surface area (Å²) in [5.74, 6) is 1.18. The number of benzene rings is 3. The Bertz CT molecular complexity index is 1320. The van der Waals surface area contributed by atoms with Crippen LogP contribution in [0.3, 0.4) is 0 Å². The van der Waals surface area contributed by atoms with E-state index in [4.69, 9.17) is 28.4 Å². The molecule has 3 atom stereocenters. The van der Waals surface area contributed by atoms with E-state index < -0.39 is 12.1 Å². The van der Waals surface area contributed by atoms with Gasteiger partial charge in [0.05, 0.1) is 41.1 Å². The number of aromatic hydroxyl groups is 1. The quantitative estimate of drug-likeness (QED) is 0.388. The van der Waals surface area contributed by atoms with Gasteiger partial charge in [0.2, 0.25) is 11.5 Å². The summed E-state index contributed by atoms with van der Waals surface area (Å²) in [6, 6.07) is 12.4. The molecule has 0 radical (unpaired) electrons. The fourth-order valence-electron chi connectivity index (χ4n) is 5.21. The van der Waals surface area contributed by atoms with Crippen LogP contribution in [0.25, 0.3) is 11.1 Å². The molecule has 1 N–H and O–H groups in total. The molecule has 202 valence electrons. The molecule has 0 spiro atoms. The van der Waals surface area contributed by atoms with Gasteiger partial charge in [-0.2, -0.15) is 0 Å². The van der Waals surface area contributed by atoms with E-state index in [1.54, 1.807) is 37.4 Å². The van der Waals surface area contributed by atoms with Crippen molar-refractivity contribution in [3.05, 3.63) is 59.2 Å². The Kier molecular flexibility index (Phi) is 7.90. The predicted molar refractivity (Wildman–Crippen MR) is 143 cm³/mol. The SMILES string of the molecule is COc1cc2c(c(OC)c1OC)-c1c(cc(O)c(OC)c1OC)C[C@H](C)[C@H](C)[C@H]2OC(=O)c1ccccc1. The second-order valence-electron chi connectivity index (χ2n) is 9.34. The minimum atomic E-state index is -0.668. The zero-order valence-electron chi connectivity index (χ0n) is 22.8. The van der Waals surface area contributed by atoms with Crippen molar-refractivity contribution in [2.75, 3.05) is 35.5 Å². The van der Waals surface area contributed by atoms with E-state index in [1.165, 1.54) is 28.4 Å². The number of hydrogen-bond acceptors (Lipinski definition) is 8. The lowest BCUT2D eigenvalue weighted by Gasteiger charge is -2.35. The molecule has 38 heavy (non-hydrogen) atoms. The lowest BCUT2D eigenvalue weighted by molar-refractivity contribution is 0.00698. The second kappa shape index (κ2) is 11.1. The Morgan fingerprint density at radius 2 is 1.39 bits per heavy atom. The van der Waals surface area contributed by atoms with Crippen LogP contribution < -0.4 is 23.7 Å². The number of ether oxygens (including phenoxy) is 6. The molecule has 0 saturated carbocycles. The van der Waals surface area contributed by atoms with Crippen LogP contribution in [0.15, 0.2) is 42.5 Å². The molecule has 1 aliphatic carbocycles. The normalized spacial score (nSPS) is 18.2. The summed E-state index contributed by atoms with van der Waals surface area (Å²) < 4.78 is 34.9. The van der Waals surface area contributed by atoms with E-state index in [2.05, 4.69) is 6.92 Å². The number of fused-ring (bicyclic) bond motifs is 3. The first kappa shape index (κ1) is 27.0. The maximum absolute atomic E-state index is 13.3. The minimum Gasteiger partial charge on any atom is -0.504 e. The summed E-state index contributed by atoms with van der Waals surface area (Å²) in [4.78, 5) is 13.3. The van der Waals surface area contributed by atoms with Crippen molar-refractivity contribution in [2.45, 2.75) is 26.4 Å².